The molecule has 0 radical (unpaired) electrons. The minimum absolute atomic E-state index is 0.475. The number of hydrogen-bond acceptors (Lipinski definition) is 3. The lowest BCUT2D eigenvalue weighted by molar-refractivity contribution is -0.140. The number of piperazine rings is 1. The molecule has 0 aliphatic carbocycles. The third kappa shape index (κ3) is 4.10. The predicted octanol–water partition coefficient (Wildman–Crippen LogP) is 2.87. The van der Waals surface area contributed by atoms with E-state index in [1.165, 1.54) is 5.56 Å². The maximum Gasteiger partial charge on any atom is 0.322 e. The van der Waals surface area contributed by atoms with Gasteiger partial charge in [0.25, 0.3) is 0 Å². The van der Waals surface area contributed by atoms with Crippen molar-refractivity contribution < 1.29 is 9.90 Å². The molecule has 2 aromatic carbocycles. The zero-order chi connectivity index (χ0) is 16.2. The molecule has 0 amide bonds. The Morgan fingerprint density at radius 2 is 1.74 bits per heavy atom. The lowest BCUT2D eigenvalue weighted by atomic mass is 10.0. The molecule has 0 bridgehead atoms. The number of nitrogens with one attached hydrogen (secondary N) is 1. The first-order chi connectivity index (χ1) is 11.1. The van der Waals surface area contributed by atoms with Gasteiger partial charge in [0.05, 0.1) is 0 Å². The normalized spacial score (nSPS) is 18.7. The standard InChI is InChI=1S/C18H19ClN2O2/c19-16-7-5-15(6-8-16)14-3-1-13(2-4-14)11-21-10-9-20-17(12-21)18(22)23/h1-8,17,20H,9-12H2,(H,22,23)/t17-/m1/s1. The fourth-order valence-corrected chi connectivity index (χ4v) is 2.95. The largest absolute Gasteiger partial charge is 0.480 e. The van der Waals surface area contributed by atoms with Gasteiger partial charge in [-0.2, -0.15) is 0 Å². The van der Waals surface area contributed by atoms with Gasteiger partial charge in [0, 0.05) is 31.2 Å². The number of rotatable bonds is 4. The van der Waals surface area contributed by atoms with Crippen LogP contribution < -0.4 is 5.32 Å². The molecule has 1 atom stereocenters. The molecular weight excluding hydrogens is 312 g/mol. The quantitative estimate of drug-likeness (QED) is 0.905. The number of carbonyl (C=O) groups is 1. The number of nitrogens with zero attached hydrogens (tertiary/aromatic N) is 1. The van der Waals surface area contributed by atoms with Gasteiger partial charge in [-0.15, -0.1) is 0 Å². The van der Waals surface area contributed by atoms with Crippen LogP contribution in [0.25, 0.3) is 11.1 Å². The highest BCUT2D eigenvalue weighted by molar-refractivity contribution is 6.30. The van der Waals surface area contributed by atoms with Gasteiger partial charge >= 0.3 is 5.97 Å². The summed E-state index contributed by atoms with van der Waals surface area (Å²) in [7, 11) is 0. The fourth-order valence-electron chi connectivity index (χ4n) is 2.82. The molecule has 1 saturated heterocycles. The summed E-state index contributed by atoms with van der Waals surface area (Å²) in [5, 5.41) is 12.9. The van der Waals surface area contributed by atoms with Crippen molar-refractivity contribution in [3.63, 3.8) is 0 Å². The highest BCUT2D eigenvalue weighted by atomic mass is 35.5. The van der Waals surface area contributed by atoms with Crippen LogP contribution in [0.5, 0.6) is 0 Å². The van der Waals surface area contributed by atoms with Crippen molar-refractivity contribution in [1.82, 2.24) is 10.2 Å². The van der Waals surface area contributed by atoms with Crippen LogP contribution in [-0.2, 0) is 11.3 Å². The Kier molecular flexibility index (Phi) is 4.96. The minimum atomic E-state index is -0.784. The third-order valence-corrected chi connectivity index (χ3v) is 4.35. The second-order valence-electron chi connectivity index (χ2n) is 5.78. The molecule has 4 nitrogen and oxygen atoms in total. The second-order valence-corrected chi connectivity index (χ2v) is 6.22. The summed E-state index contributed by atoms with van der Waals surface area (Å²) >= 11 is 5.91. The lowest BCUT2D eigenvalue weighted by Crippen LogP contribution is -2.53. The van der Waals surface area contributed by atoms with E-state index in [0.717, 1.165) is 29.2 Å². The Morgan fingerprint density at radius 3 is 2.35 bits per heavy atom. The van der Waals surface area contributed by atoms with Crippen molar-refractivity contribution >= 4 is 17.6 Å². The lowest BCUT2D eigenvalue weighted by Gasteiger charge is -2.31. The predicted molar refractivity (Wildman–Crippen MR) is 91.6 cm³/mol. The fraction of sp³-hybridized carbons (Fsp3) is 0.278. The molecule has 1 aliphatic heterocycles. The van der Waals surface area contributed by atoms with Crippen molar-refractivity contribution in [2.75, 3.05) is 19.6 Å². The van der Waals surface area contributed by atoms with Crippen LogP contribution in [0.1, 0.15) is 5.56 Å². The van der Waals surface area contributed by atoms with Gasteiger partial charge in [0.2, 0.25) is 0 Å². The summed E-state index contributed by atoms with van der Waals surface area (Å²) in [6.45, 7) is 2.88. The average molecular weight is 331 g/mol. The van der Waals surface area contributed by atoms with E-state index in [1.54, 1.807) is 0 Å². The van der Waals surface area contributed by atoms with E-state index in [-0.39, 0.29) is 0 Å². The Balaban J connectivity index is 1.65. The van der Waals surface area contributed by atoms with E-state index in [2.05, 4.69) is 34.5 Å². The minimum Gasteiger partial charge on any atom is -0.480 e. The molecule has 2 aromatic rings. The molecule has 0 spiro atoms. The zero-order valence-corrected chi connectivity index (χ0v) is 13.5. The summed E-state index contributed by atoms with van der Waals surface area (Å²) < 4.78 is 0. The van der Waals surface area contributed by atoms with E-state index >= 15 is 0 Å². The van der Waals surface area contributed by atoms with Gasteiger partial charge in [-0.1, -0.05) is 48.0 Å². The van der Waals surface area contributed by atoms with Crippen molar-refractivity contribution in [2.45, 2.75) is 12.6 Å². The van der Waals surface area contributed by atoms with Crippen LogP contribution in [0.3, 0.4) is 0 Å². The second kappa shape index (κ2) is 7.13. The zero-order valence-electron chi connectivity index (χ0n) is 12.7. The van der Waals surface area contributed by atoms with E-state index in [4.69, 9.17) is 16.7 Å². The first-order valence-corrected chi connectivity index (χ1v) is 8.03. The molecule has 0 aromatic heterocycles. The molecule has 0 saturated carbocycles. The first kappa shape index (κ1) is 16.0. The molecule has 1 fully saturated rings. The third-order valence-electron chi connectivity index (χ3n) is 4.10. The van der Waals surface area contributed by atoms with Gasteiger partial charge < -0.3 is 10.4 Å². The first-order valence-electron chi connectivity index (χ1n) is 7.65. The molecule has 1 aliphatic rings. The van der Waals surface area contributed by atoms with Crippen LogP contribution in [0.2, 0.25) is 5.02 Å². The molecule has 23 heavy (non-hydrogen) atoms. The van der Waals surface area contributed by atoms with Crippen LogP contribution in [0.15, 0.2) is 48.5 Å². The van der Waals surface area contributed by atoms with Crippen molar-refractivity contribution in [2.24, 2.45) is 0 Å². The number of benzene rings is 2. The van der Waals surface area contributed by atoms with E-state index in [9.17, 15) is 4.79 Å². The van der Waals surface area contributed by atoms with Crippen LogP contribution in [-0.4, -0.2) is 41.7 Å². The van der Waals surface area contributed by atoms with E-state index in [1.807, 2.05) is 24.3 Å². The van der Waals surface area contributed by atoms with Crippen LogP contribution in [0.4, 0.5) is 0 Å². The van der Waals surface area contributed by atoms with Gasteiger partial charge in [0.15, 0.2) is 0 Å². The Hall–Kier alpha value is -1.88. The monoisotopic (exact) mass is 330 g/mol. The van der Waals surface area contributed by atoms with Gasteiger partial charge in [-0.25, -0.2) is 0 Å². The SMILES string of the molecule is O=C(O)[C@H]1CN(Cc2ccc(-c3ccc(Cl)cc3)cc2)CCN1. The molecular formula is C18H19ClN2O2. The smallest absolute Gasteiger partial charge is 0.322 e. The summed E-state index contributed by atoms with van der Waals surface area (Å²) in [5.41, 5.74) is 3.47. The van der Waals surface area contributed by atoms with E-state index in [0.29, 0.717) is 13.1 Å². The van der Waals surface area contributed by atoms with Crippen LogP contribution in [0, 0.1) is 0 Å². The Labute approximate surface area is 140 Å². The van der Waals surface area contributed by atoms with Gasteiger partial charge in [-0.05, 0) is 28.8 Å². The molecule has 1 heterocycles. The van der Waals surface area contributed by atoms with Crippen molar-refractivity contribution in [3.05, 3.63) is 59.1 Å². The maximum atomic E-state index is 11.1. The summed E-state index contributed by atoms with van der Waals surface area (Å²) in [6.07, 6.45) is 0. The topological polar surface area (TPSA) is 52.6 Å². The molecule has 5 heteroatoms. The molecule has 0 unspecified atom stereocenters. The molecule has 3 rings (SSSR count). The number of carboxylic acid groups (broad SMARTS) is 1. The van der Waals surface area contributed by atoms with Crippen molar-refractivity contribution in [1.29, 1.82) is 0 Å². The molecule has 120 valence electrons. The number of hydrogen-bond donors (Lipinski definition) is 2. The summed E-state index contributed by atoms with van der Waals surface area (Å²) in [4.78, 5) is 13.3. The number of halogens is 1. The maximum absolute atomic E-state index is 11.1. The van der Waals surface area contributed by atoms with E-state index < -0.39 is 12.0 Å². The summed E-state index contributed by atoms with van der Waals surface area (Å²) in [6, 6.07) is 15.7. The highest BCUT2D eigenvalue weighted by Crippen LogP contribution is 2.22. The highest BCUT2D eigenvalue weighted by Gasteiger charge is 2.24. The number of aliphatic carboxylic acids is 1. The van der Waals surface area contributed by atoms with Gasteiger partial charge in [0.1, 0.15) is 6.04 Å². The van der Waals surface area contributed by atoms with Gasteiger partial charge in [-0.3, -0.25) is 9.69 Å². The Morgan fingerprint density at radius 1 is 1.13 bits per heavy atom. The summed E-state index contributed by atoms with van der Waals surface area (Å²) in [5.74, 6) is -0.784. The average Bonchev–Trinajstić information content (AvgIpc) is 2.57. The molecule has 2 N–H and O–H groups in total. The van der Waals surface area contributed by atoms with Crippen LogP contribution >= 0.6 is 11.6 Å². The Bertz CT molecular complexity index is 670. The number of carboxylic acids is 1. The van der Waals surface area contributed by atoms with Crippen molar-refractivity contribution in [3.8, 4) is 11.1 Å².